The molecule has 0 N–H and O–H groups in total. The lowest BCUT2D eigenvalue weighted by Gasteiger charge is -2.05. The molecular formula is C12H18O5S. The quantitative estimate of drug-likeness (QED) is 0.381. The van der Waals surface area contributed by atoms with Crippen molar-refractivity contribution in [3.05, 3.63) is 11.0 Å². The van der Waals surface area contributed by atoms with E-state index in [1.165, 1.54) is 17.8 Å². The molecule has 0 spiro atoms. The molecule has 0 aliphatic heterocycles. The predicted octanol–water partition coefficient (Wildman–Crippen LogP) is 1.71. The standard InChI is InChI=1S/C12H18O5S/c1-4-16-11(14)9(13)7-8-10(18-6-3)12(15)17-5-2/h8H,4-7H2,1-3H3. The minimum absolute atomic E-state index is 0.153. The van der Waals surface area contributed by atoms with Gasteiger partial charge in [-0.3, -0.25) is 4.79 Å². The van der Waals surface area contributed by atoms with E-state index >= 15 is 0 Å². The van der Waals surface area contributed by atoms with Gasteiger partial charge in [-0.2, -0.15) is 0 Å². The number of allylic oxidation sites excluding steroid dienone is 1. The number of ketones is 1. The van der Waals surface area contributed by atoms with E-state index in [0.717, 1.165) is 0 Å². The van der Waals surface area contributed by atoms with Crippen LogP contribution >= 0.6 is 11.8 Å². The molecule has 0 rings (SSSR count). The zero-order valence-electron chi connectivity index (χ0n) is 10.9. The van der Waals surface area contributed by atoms with Crippen LogP contribution in [0.15, 0.2) is 11.0 Å². The third-order valence-electron chi connectivity index (χ3n) is 1.75. The van der Waals surface area contributed by atoms with Crippen molar-refractivity contribution in [3.8, 4) is 0 Å². The summed E-state index contributed by atoms with van der Waals surface area (Å²) < 4.78 is 9.40. The van der Waals surface area contributed by atoms with Crippen LogP contribution in [0.3, 0.4) is 0 Å². The number of Topliss-reactive ketones (excluding diaryl/α,β-unsaturated/α-hetero) is 1. The molecule has 0 saturated heterocycles. The molecule has 5 nitrogen and oxygen atoms in total. The summed E-state index contributed by atoms with van der Waals surface area (Å²) in [5.74, 6) is -1.34. The van der Waals surface area contributed by atoms with Crippen molar-refractivity contribution in [2.75, 3.05) is 19.0 Å². The van der Waals surface area contributed by atoms with Gasteiger partial charge < -0.3 is 9.47 Å². The van der Waals surface area contributed by atoms with E-state index in [1.54, 1.807) is 13.8 Å². The van der Waals surface area contributed by atoms with Crippen LogP contribution in [0.1, 0.15) is 27.2 Å². The monoisotopic (exact) mass is 274 g/mol. The average Bonchev–Trinajstić information content (AvgIpc) is 2.34. The molecule has 0 fully saturated rings. The zero-order valence-corrected chi connectivity index (χ0v) is 11.7. The van der Waals surface area contributed by atoms with Crippen LogP contribution in [0, 0.1) is 0 Å². The Morgan fingerprint density at radius 1 is 1.00 bits per heavy atom. The molecule has 0 aliphatic rings. The maximum Gasteiger partial charge on any atom is 0.374 e. The van der Waals surface area contributed by atoms with Crippen LogP contribution in [0.5, 0.6) is 0 Å². The summed E-state index contributed by atoms with van der Waals surface area (Å²) in [4.78, 5) is 34.3. The normalized spacial score (nSPS) is 10.9. The van der Waals surface area contributed by atoms with Crippen LogP contribution in [-0.2, 0) is 23.9 Å². The van der Waals surface area contributed by atoms with Crippen molar-refractivity contribution in [1.29, 1.82) is 0 Å². The lowest BCUT2D eigenvalue weighted by Crippen LogP contribution is -2.16. The Bertz CT molecular complexity index is 335. The van der Waals surface area contributed by atoms with Crippen molar-refractivity contribution >= 4 is 29.5 Å². The Morgan fingerprint density at radius 3 is 2.06 bits per heavy atom. The van der Waals surface area contributed by atoms with Gasteiger partial charge in [-0.25, -0.2) is 9.59 Å². The third kappa shape index (κ3) is 6.44. The first kappa shape index (κ1) is 16.7. The summed E-state index contributed by atoms with van der Waals surface area (Å²) in [6.07, 6.45) is 1.26. The van der Waals surface area contributed by atoms with Crippen LogP contribution < -0.4 is 0 Å². The topological polar surface area (TPSA) is 69.7 Å². The summed E-state index contributed by atoms with van der Waals surface area (Å²) in [5.41, 5.74) is 0. The van der Waals surface area contributed by atoms with Crippen molar-refractivity contribution < 1.29 is 23.9 Å². The molecule has 18 heavy (non-hydrogen) atoms. The molecule has 0 aromatic carbocycles. The molecule has 6 heteroatoms. The van der Waals surface area contributed by atoms with Crippen molar-refractivity contribution in [2.45, 2.75) is 27.2 Å². The molecule has 0 aliphatic carbocycles. The Balaban J connectivity index is 4.52. The number of thioether (sulfide) groups is 1. The van der Waals surface area contributed by atoms with E-state index in [1.807, 2.05) is 6.92 Å². The van der Waals surface area contributed by atoms with Gasteiger partial charge in [0, 0.05) is 6.42 Å². The summed E-state index contributed by atoms with van der Waals surface area (Å²) >= 11 is 1.27. The highest BCUT2D eigenvalue weighted by atomic mass is 32.2. The van der Waals surface area contributed by atoms with Crippen LogP contribution in [0.2, 0.25) is 0 Å². The molecule has 0 aromatic rings. The van der Waals surface area contributed by atoms with Gasteiger partial charge >= 0.3 is 11.9 Å². The van der Waals surface area contributed by atoms with Crippen molar-refractivity contribution in [2.24, 2.45) is 0 Å². The van der Waals surface area contributed by atoms with E-state index in [9.17, 15) is 14.4 Å². The predicted molar refractivity (Wildman–Crippen MR) is 69.1 cm³/mol. The smallest absolute Gasteiger partial charge is 0.374 e. The maximum atomic E-state index is 11.5. The Kier molecular flexibility index (Phi) is 9.00. The summed E-state index contributed by atoms with van der Waals surface area (Å²) in [5, 5.41) is 0. The molecule has 0 bridgehead atoms. The second-order valence-electron chi connectivity index (χ2n) is 3.07. The minimum atomic E-state index is -0.876. The molecular weight excluding hydrogens is 256 g/mol. The maximum absolute atomic E-state index is 11.5. The van der Waals surface area contributed by atoms with Gasteiger partial charge in [0.05, 0.1) is 18.1 Å². The lowest BCUT2D eigenvalue weighted by atomic mass is 10.2. The number of carbonyl (C=O) groups is 3. The molecule has 0 radical (unpaired) electrons. The summed E-state index contributed by atoms with van der Waals surface area (Å²) in [6.45, 7) is 5.63. The highest BCUT2D eigenvalue weighted by Gasteiger charge is 2.16. The van der Waals surface area contributed by atoms with Crippen molar-refractivity contribution in [3.63, 3.8) is 0 Å². The van der Waals surface area contributed by atoms with Crippen LogP contribution in [-0.4, -0.2) is 36.7 Å². The highest BCUT2D eigenvalue weighted by molar-refractivity contribution is 8.03. The fourth-order valence-corrected chi connectivity index (χ4v) is 1.73. The van der Waals surface area contributed by atoms with Gasteiger partial charge in [-0.15, -0.1) is 11.8 Å². The number of hydrogen-bond donors (Lipinski definition) is 0. The van der Waals surface area contributed by atoms with Gasteiger partial charge in [0.25, 0.3) is 0 Å². The molecule has 0 unspecified atom stereocenters. The lowest BCUT2D eigenvalue weighted by molar-refractivity contribution is -0.153. The highest BCUT2D eigenvalue weighted by Crippen LogP contribution is 2.17. The molecule has 0 amide bonds. The van der Waals surface area contributed by atoms with Crippen LogP contribution in [0.4, 0.5) is 0 Å². The van der Waals surface area contributed by atoms with E-state index < -0.39 is 17.7 Å². The second kappa shape index (κ2) is 9.70. The molecule has 0 heterocycles. The van der Waals surface area contributed by atoms with E-state index in [2.05, 4.69) is 4.74 Å². The van der Waals surface area contributed by atoms with Gasteiger partial charge in [-0.1, -0.05) is 13.0 Å². The fraction of sp³-hybridized carbons (Fsp3) is 0.583. The molecule has 0 aromatic heterocycles. The minimum Gasteiger partial charge on any atom is -0.462 e. The second-order valence-corrected chi connectivity index (χ2v) is 4.38. The van der Waals surface area contributed by atoms with Crippen LogP contribution in [0.25, 0.3) is 0 Å². The Labute approximate surface area is 111 Å². The van der Waals surface area contributed by atoms with Gasteiger partial charge in [0.1, 0.15) is 0 Å². The third-order valence-corrected chi connectivity index (χ3v) is 2.69. The van der Waals surface area contributed by atoms with Gasteiger partial charge in [-0.05, 0) is 19.6 Å². The number of carbonyl (C=O) groups excluding carboxylic acids is 3. The zero-order chi connectivity index (χ0) is 14.0. The SMILES string of the molecule is CCOC(=O)C(=O)CC=C(SCC)C(=O)OCC. The first-order valence-electron chi connectivity index (χ1n) is 5.76. The van der Waals surface area contributed by atoms with E-state index in [-0.39, 0.29) is 19.6 Å². The number of hydrogen-bond acceptors (Lipinski definition) is 6. The first-order chi connectivity index (χ1) is 8.56. The molecule has 102 valence electrons. The van der Waals surface area contributed by atoms with Gasteiger partial charge in [0.15, 0.2) is 0 Å². The fourth-order valence-electron chi connectivity index (χ4n) is 1.04. The largest absolute Gasteiger partial charge is 0.462 e. The van der Waals surface area contributed by atoms with E-state index in [4.69, 9.17) is 4.74 Å². The number of ether oxygens (including phenoxy) is 2. The summed E-state index contributed by atoms with van der Waals surface area (Å²) in [6, 6.07) is 0. The first-order valence-corrected chi connectivity index (χ1v) is 6.75. The van der Waals surface area contributed by atoms with Gasteiger partial charge in [0.2, 0.25) is 5.78 Å². The molecule has 0 saturated carbocycles. The molecule has 0 atom stereocenters. The Hall–Kier alpha value is -1.30. The van der Waals surface area contributed by atoms with Crippen molar-refractivity contribution in [1.82, 2.24) is 0 Å². The summed E-state index contributed by atoms with van der Waals surface area (Å²) in [7, 11) is 0. The number of rotatable bonds is 8. The number of esters is 2. The Morgan fingerprint density at radius 2 is 1.56 bits per heavy atom. The van der Waals surface area contributed by atoms with E-state index in [0.29, 0.717) is 10.7 Å². The average molecular weight is 274 g/mol.